The van der Waals surface area contributed by atoms with Gasteiger partial charge in [0.1, 0.15) is 5.69 Å². The van der Waals surface area contributed by atoms with Crippen LogP contribution in [0.15, 0.2) is 71.6 Å². The second-order valence-corrected chi connectivity index (χ2v) is 15.8. The number of nitrogens with zero attached hydrogens (tertiary/aromatic N) is 1. The maximum atomic E-state index is 13.1. The van der Waals surface area contributed by atoms with Crippen LogP contribution >= 0.6 is 0 Å². The Labute approximate surface area is 271 Å². The molecule has 0 spiro atoms. The molecular weight excluding hydrogens is 600 g/mol. The van der Waals surface area contributed by atoms with Gasteiger partial charge in [-0.05, 0) is 102 Å². The summed E-state index contributed by atoms with van der Waals surface area (Å²) < 4.78 is 28.2. The lowest BCUT2D eigenvalue weighted by Crippen LogP contribution is -2.58. The van der Waals surface area contributed by atoms with Crippen molar-refractivity contribution < 1.29 is 18.1 Å². The standard InChI is InChI=1S/C36H44N4O5S/c1-23-31-19-28(36(31,2)3)20-33(23)38-29-15-13-26(14-16-29)25-9-11-27(12-10-25)35(41)39-46(44,45)30-17-18-32(34(21-30)40(42)43)37-22-24-7-5-4-6-8-24/h9-18,21,23-24,28,31,33,37-38H,4-8,19-20,22H2,1-3H3,(H,39,41)/t23-,28+,31+,33+/m1/s1. The molecule has 244 valence electrons. The molecule has 3 aromatic carbocycles. The molecule has 4 aliphatic rings. The number of carbonyl (C=O) groups is 1. The molecule has 4 saturated carbocycles. The van der Waals surface area contributed by atoms with Gasteiger partial charge in [0.05, 0.1) is 9.82 Å². The fraction of sp³-hybridized carbons (Fsp3) is 0.472. The van der Waals surface area contributed by atoms with Gasteiger partial charge in [0.25, 0.3) is 21.6 Å². The van der Waals surface area contributed by atoms with E-state index in [0.29, 0.717) is 29.8 Å². The normalized spacial score (nSPS) is 24.0. The van der Waals surface area contributed by atoms with Gasteiger partial charge in [0.15, 0.2) is 0 Å². The molecule has 0 aromatic heterocycles. The van der Waals surface area contributed by atoms with Crippen LogP contribution < -0.4 is 15.4 Å². The minimum atomic E-state index is -4.35. The Morgan fingerprint density at radius 3 is 2.20 bits per heavy atom. The molecular formula is C36H44N4O5S. The van der Waals surface area contributed by atoms with Crippen LogP contribution in [0.5, 0.6) is 0 Å². The molecule has 7 rings (SSSR count). The predicted octanol–water partition coefficient (Wildman–Crippen LogP) is 7.86. The van der Waals surface area contributed by atoms with Crippen LogP contribution in [-0.4, -0.2) is 31.8 Å². The van der Waals surface area contributed by atoms with Crippen molar-refractivity contribution in [3.63, 3.8) is 0 Å². The third-order valence-corrected chi connectivity index (χ3v) is 12.4. The van der Waals surface area contributed by atoms with Gasteiger partial charge < -0.3 is 10.6 Å². The Morgan fingerprint density at radius 1 is 0.935 bits per heavy atom. The Hall–Kier alpha value is -3.92. The molecule has 1 amide bonds. The first-order chi connectivity index (χ1) is 21.9. The topological polar surface area (TPSA) is 130 Å². The number of nitro groups is 1. The third kappa shape index (κ3) is 6.49. The van der Waals surface area contributed by atoms with Crippen LogP contribution in [0.4, 0.5) is 17.1 Å². The molecule has 0 heterocycles. The molecule has 10 heteroatoms. The molecule has 0 unspecified atom stereocenters. The van der Waals surface area contributed by atoms with E-state index in [1.165, 1.54) is 31.4 Å². The molecule has 3 aromatic rings. The van der Waals surface area contributed by atoms with Crippen LogP contribution in [-0.2, 0) is 10.0 Å². The Bertz CT molecular complexity index is 1700. The van der Waals surface area contributed by atoms with Gasteiger partial charge in [-0.3, -0.25) is 14.9 Å². The number of anilines is 2. The summed E-state index contributed by atoms with van der Waals surface area (Å²) in [4.78, 5) is 23.8. The van der Waals surface area contributed by atoms with Gasteiger partial charge in [0, 0.05) is 29.9 Å². The average molecular weight is 645 g/mol. The second-order valence-electron chi connectivity index (χ2n) is 14.1. The fourth-order valence-corrected chi connectivity index (χ4v) is 8.99. The Morgan fingerprint density at radius 2 is 1.59 bits per heavy atom. The number of fused-ring (bicyclic) bond motifs is 2. The molecule has 0 radical (unpaired) electrons. The number of benzene rings is 3. The van der Waals surface area contributed by atoms with Crippen molar-refractivity contribution in [2.24, 2.45) is 29.1 Å². The van der Waals surface area contributed by atoms with E-state index in [0.717, 1.165) is 60.4 Å². The van der Waals surface area contributed by atoms with Crippen LogP contribution in [0, 0.1) is 39.2 Å². The van der Waals surface area contributed by atoms with Crippen molar-refractivity contribution in [2.75, 3.05) is 17.2 Å². The molecule has 9 nitrogen and oxygen atoms in total. The first-order valence-corrected chi connectivity index (χ1v) is 18.0. The average Bonchev–Trinajstić information content (AvgIpc) is 3.05. The molecule has 4 fully saturated rings. The van der Waals surface area contributed by atoms with Crippen molar-refractivity contribution in [1.29, 1.82) is 0 Å². The number of rotatable bonds is 10. The number of hydrogen-bond donors (Lipinski definition) is 3. The van der Waals surface area contributed by atoms with Crippen molar-refractivity contribution in [3.05, 3.63) is 82.4 Å². The highest BCUT2D eigenvalue weighted by molar-refractivity contribution is 7.90. The summed E-state index contributed by atoms with van der Waals surface area (Å²) in [7, 11) is -4.35. The highest BCUT2D eigenvalue weighted by atomic mass is 32.2. The van der Waals surface area contributed by atoms with E-state index in [1.807, 2.05) is 12.1 Å². The van der Waals surface area contributed by atoms with Crippen molar-refractivity contribution in [2.45, 2.75) is 76.7 Å². The largest absolute Gasteiger partial charge is 0.382 e. The summed E-state index contributed by atoms with van der Waals surface area (Å²) in [6.45, 7) is 7.78. The lowest BCUT2D eigenvalue weighted by atomic mass is 9.45. The summed E-state index contributed by atoms with van der Waals surface area (Å²) >= 11 is 0. The monoisotopic (exact) mass is 644 g/mol. The van der Waals surface area contributed by atoms with Crippen molar-refractivity contribution in [3.8, 4) is 11.1 Å². The SMILES string of the molecule is C[C@H]1[C@@H](Nc2ccc(-c3ccc(C(=O)NS(=O)(=O)c4ccc(NCC5CCCCC5)c([N+](=O)[O-])c4)cc3)cc2)C[C@@H]2C[C@@H]1C2(C)C. The maximum Gasteiger partial charge on any atom is 0.293 e. The zero-order valence-corrected chi connectivity index (χ0v) is 27.6. The predicted molar refractivity (Wildman–Crippen MR) is 181 cm³/mol. The highest BCUT2D eigenvalue weighted by Gasteiger charge is 2.56. The van der Waals surface area contributed by atoms with E-state index in [1.54, 1.807) is 24.3 Å². The molecule has 3 N–H and O–H groups in total. The second kappa shape index (κ2) is 12.7. The smallest absolute Gasteiger partial charge is 0.293 e. The number of carbonyl (C=O) groups excluding carboxylic acids is 1. The summed E-state index contributed by atoms with van der Waals surface area (Å²) in [5, 5.41) is 18.7. The Balaban J connectivity index is 1.07. The first kappa shape index (κ1) is 32.0. The number of amides is 1. The minimum absolute atomic E-state index is 0.165. The molecule has 0 saturated heterocycles. The molecule has 4 aliphatic carbocycles. The zero-order valence-electron chi connectivity index (χ0n) is 26.8. The molecule has 0 aliphatic heterocycles. The quantitative estimate of drug-likeness (QED) is 0.151. The number of nitro benzene ring substituents is 1. The summed E-state index contributed by atoms with van der Waals surface area (Å²) in [6, 6.07) is 19.1. The van der Waals surface area contributed by atoms with E-state index in [-0.39, 0.29) is 21.8 Å². The van der Waals surface area contributed by atoms with E-state index >= 15 is 0 Å². The van der Waals surface area contributed by atoms with Crippen LogP contribution in [0.2, 0.25) is 0 Å². The summed E-state index contributed by atoms with van der Waals surface area (Å²) in [5.74, 6) is 1.81. The van der Waals surface area contributed by atoms with Gasteiger partial charge in [-0.25, -0.2) is 13.1 Å². The van der Waals surface area contributed by atoms with Crippen LogP contribution in [0.3, 0.4) is 0 Å². The van der Waals surface area contributed by atoms with E-state index in [4.69, 9.17) is 0 Å². The lowest BCUT2D eigenvalue weighted by molar-refractivity contribution is -0.384. The summed E-state index contributed by atoms with van der Waals surface area (Å²) in [6.07, 6.45) is 8.21. The fourth-order valence-electron chi connectivity index (χ4n) is 7.99. The summed E-state index contributed by atoms with van der Waals surface area (Å²) in [5.41, 5.74) is 3.51. The molecule has 46 heavy (non-hydrogen) atoms. The van der Waals surface area contributed by atoms with Crippen LogP contribution in [0.25, 0.3) is 11.1 Å². The van der Waals surface area contributed by atoms with Gasteiger partial charge >= 0.3 is 0 Å². The van der Waals surface area contributed by atoms with Gasteiger partial charge in [-0.2, -0.15) is 0 Å². The number of hydrogen-bond acceptors (Lipinski definition) is 7. The Kier molecular flexibility index (Phi) is 8.85. The lowest BCUT2D eigenvalue weighted by Gasteiger charge is -2.62. The maximum absolute atomic E-state index is 13.1. The van der Waals surface area contributed by atoms with Crippen molar-refractivity contribution in [1.82, 2.24) is 4.72 Å². The molecule has 2 bridgehead atoms. The van der Waals surface area contributed by atoms with Crippen molar-refractivity contribution >= 4 is 33.0 Å². The first-order valence-electron chi connectivity index (χ1n) is 16.5. The van der Waals surface area contributed by atoms with E-state index < -0.39 is 20.9 Å². The highest BCUT2D eigenvalue weighted by Crippen LogP contribution is 2.61. The van der Waals surface area contributed by atoms with Gasteiger partial charge in [-0.15, -0.1) is 0 Å². The minimum Gasteiger partial charge on any atom is -0.382 e. The van der Waals surface area contributed by atoms with Gasteiger partial charge in [-0.1, -0.05) is 64.3 Å². The van der Waals surface area contributed by atoms with Crippen LogP contribution in [0.1, 0.15) is 76.1 Å². The number of sulfonamides is 1. The number of nitrogens with one attached hydrogen (secondary N) is 3. The van der Waals surface area contributed by atoms with Gasteiger partial charge in [0.2, 0.25) is 0 Å². The zero-order chi connectivity index (χ0) is 32.6. The van der Waals surface area contributed by atoms with E-state index in [9.17, 15) is 23.3 Å². The molecule has 4 atom stereocenters. The third-order valence-electron chi connectivity index (χ3n) is 11.1. The van der Waals surface area contributed by atoms with E-state index in [2.05, 4.69) is 48.3 Å².